The fourth-order valence-electron chi connectivity index (χ4n) is 3.81. The third-order valence-corrected chi connectivity index (χ3v) is 5.94. The second-order valence-electron chi connectivity index (χ2n) is 7.04. The zero-order valence-electron chi connectivity index (χ0n) is 15.5. The van der Waals surface area contributed by atoms with Gasteiger partial charge < -0.3 is 4.42 Å². The predicted octanol–water partition coefficient (Wildman–Crippen LogP) is 6.13. The number of nitrogens with zero attached hydrogens (tertiary/aromatic N) is 1. The number of halogens is 4. The molecule has 4 nitrogen and oxygen atoms in total. The first-order valence-electron chi connectivity index (χ1n) is 9.15. The van der Waals surface area contributed by atoms with E-state index in [0.717, 1.165) is 12.1 Å². The first kappa shape index (κ1) is 19.7. The number of rotatable bonds is 2. The summed E-state index contributed by atoms with van der Waals surface area (Å²) in [6.45, 7) is 0. The Hall–Kier alpha value is -3.22. The minimum atomic E-state index is -0.924. The van der Waals surface area contributed by atoms with Crippen molar-refractivity contribution in [3.8, 4) is 0 Å². The largest absolute Gasteiger partial charge is 0.450 e. The number of amides is 1. The fraction of sp³-hybridized carbons (Fsp3) is 0.0435. The van der Waals surface area contributed by atoms with Crippen LogP contribution in [0.4, 0.5) is 14.5 Å². The predicted molar refractivity (Wildman–Crippen MR) is 114 cm³/mol. The van der Waals surface area contributed by atoms with Crippen molar-refractivity contribution in [2.45, 2.75) is 6.04 Å². The van der Waals surface area contributed by atoms with Gasteiger partial charge in [0.05, 0.1) is 27.0 Å². The molecule has 2 heterocycles. The Bertz CT molecular complexity index is 1430. The Kier molecular flexibility index (Phi) is 4.57. The summed E-state index contributed by atoms with van der Waals surface area (Å²) in [5, 5.41) is 0.545. The molecule has 0 spiro atoms. The highest BCUT2D eigenvalue weighted by atomic mass is 35.5. The van der Waals surface area contributed by atoms with Gasteiger partial charge in [-0.3, -0.25) is 14.5 Å². The van der Waals surface area contributed by atoms with E-state index >= 15 is 0 Å². The summed E-state index contributed by atoms with van der Waals surface area (Å²) < 4.78 is 33.1. The van der Waals surface area contributed by atoms with Gasteiger partial charge in [0.1, 0.15) is 17.2 Å². The number of anilines is 1. The lowest BCUT2D eigenvalue weighted by molar-refractivity contribution is 0.0971. The Balaban J connectivity index is 1.83. The molecular weight excluding hydrogens is 447 g/mol. The van der Waals surface area contributed by atoms with Crippen LogP contribution < -0.4 is 10.3 Å². The molecule has 8 heteroatoms. The summed E-state index contributed by atoms with van der Waals surface area (Å²) in [4.78, 5) is 28.0. The highest BCUT2D eigenvalue weighted by Gasteiger charge is 2.43. The monoisotopic (exact) mass is 457 g/mol. The third kappa shape index (κ3) is 3.10. The second kappa shape index (κ2) is 7.18. The molecule has 0 N–H and O–H groups in total. The standard InChI is InChI=1S/C23H11Cl2F2NO3/c24-16-7-1-11(9-17(16)25)20-19-21(29)15-10-13(27)4-8-18(15)31-22(19)23(30)28(20)14-5-2-12(26)3-6-14/h1-10,20H. The van der Waals surface area contributed by atoms with Crippen molar-refractivity contribution in [2.24, 2.45) is 0 Å². The molecule has 0 saturated heterocycles. The van der Waals surface area contributed by atoms with Crippen molar-refractivity contribution in [2.75, 3.05) is 4.90 Å². The van der Waals surface area contributed by atoms with Gasteiger partial charge in [0.25, 0.3) is 5.91 Å². The molecule has 1 amide bonds. The Morgan fingerprint density at radius 2 is 1.55 bits per heavy atom. The van der Waals surface area contributed by atoms with Crippen LogP contribution >= 0.6 is 23.2 Å². The Labute approximate surface area is 184 Å². The van der Waals surface area contributed by atoms with E-state index in [1.807, 2.05) is 0 Å². The molecule has 1 aliphatic heterocycles. The zero-order valence-corrected chi connectivity index (χ0v) is 17.0. The number of carbonyl (C=O) groups is 1. The maximum Gasteiger partial charge on any atom is 0.295 e. The van der Waals surface area contributed by atoms with E-state index in [9.17, 15) is 18.4 Å². The van der Waals surface area contributed by atoms with E-state index in [1.165, 1.54) is 35.2 Å². The van der Waals surface area contributed by atoms with Crippen molar-refractivity contribution in [1.29, 1.82) is 0 Å². The summed E-state index contributed by atoms with van der Waals surface area (Å²) in [5.74, 6) is -1.83. The molecule has 3 aromatic carbocycles. The summed E-state index contributed by atoms with van der Waals surface area (Å²) in [6, 6.07) is 12.6. The minimum absolute atomic E-state index is 0.0116. The van der Waals surface area contributed by atoms with Crippen molar-refractivity contribution in [1.82, 2.24) is 0 Å². The molecule has 0 aliphatic carbocycles. The first-order chi connectivity index (χ1) is 14.8. The van der Waals surface area contributed by atoms with Gasteiger partial charge in [-0.2, -0.15) is 0 Å². The van der Waals surface area contributed by atoms with Gasteiger partial charge in [0.2, 0.25) is 5.76 Å². The summed E-state index contributed by atoms with van der Waals surface area (Å²) in [5.41, 5.74) is 0.445. The highest BCUT2D eigenvalue weighted by molar-refractivity contribution is 6.42. The second-order valence-corrected chi connectivity index (χ2v) is 7.86. The van der Waals surface area contributed by atoms with E-state index < -0.39 is 29.0 Å². The van der Waals surface area contributed by atoms with Crippen LogP contribution in [0.2, 0.25) is 10.0 Å². The van der Waals surface area contributed by atoms with Crippen molar-refractivity contribution in [3.05, 3.63) is 109 Å². The topological polar surface area (TPSA) is 50.5 Å². The zero-order chi connectivity index (χ0) is 21.9. The molecule has 0 saturated carbocycles. The van der Waals surface area contributed by atoms with Crippen LogP contribution in [0.3, 0.4) is 0 Å². The third-order valence-electron chi connectivity index (χ3n) is 5.20. The lowest BCUT2D eigenvalue weighted by Crippen LogP contribution is -2.29. The van der Waals surface area contributed by atoms with Gasteiger partial charge in [-0.25, -0.2) is 8.78 Å². The average Bonchev–Trinajstić information content (AvgIpc) is 3.04. The fourth-order valence-corrected chi connectivity index (χ4v) is 4.12. The Morgan fingerprint density at radius 1 is 0.839 bits per heavy atom. The Morgan fingerprint density at radius 3 is 2.26 bits per heavy atom. The number of benzene rings is 3. The van der Waals surface area contributed by atoms with Crippen LogP contribution in [0.25, 0.3) is 11.0 Å². The molecule has 0 bridgehead atoms. The molecule has 4 aromatic rings. The van der Waals surface area contributed by atoms with Gasteiger partial charge in [-0.05, 0) is 60.2 Å². The van der Waals surface area contributed by atoms with Gasteiger partial charge in [0.15, 0.2) is 5.43 Å². The lowest BCUT2D eigenvalue weighted by atomic mass is 9.98. The van der Waals surface area contributed by atoms with Crippen LogP contribution in [0, 0.1) is 11.6 Å². The molecule has 0 fully saturated rings. The molecule has 31 heavy (non-hydrogen) atoms. The molecule has 1 aromatic heterocycles. The van der Waals surface area contributed by atoms with Crippen LogP contribution in [0.1, 0.15) is 27.7 Å². The van der Waals surface area contributed by atoms with Crippen molar-refractivity contribution in [3.63, 3.8) is 0 Å². The lowest BCUT2D eigenvalue weighted by Gasteiger charge is -2.25. The molecule has 154 valence electrons. The molecule has 5 rings (SSSR count). The molecular formula is C23H11Cl2F2NO3. The van der Waals surface area contributed by atoms with Crippen LogP contribution in [-0.4, -0.2) is 5.91 Å². The normalized spacial score (nSPS) is 15.5. The van der Waals surface area contributed by atoms with Crippen molar-refractivity contribution < 1.29 is 18.0 Å². The average molecular weight is 458 g/mol. The summed E-state index contributed by atoms with van der Waals surface area (Å²) in [6.07, 6.45) is 0. The van der Waals surface area contributed by atoms with Crippen LogP contribution in [0.5, 0.6) is 0 Å². The maximum absolute atomic E-state index is 13.8. The van der Waals surface area contributed by atoms with Crippen LogP contribution in [-0.2, 0) is 0 Å². The number of fused-ring (bicyclic) bond motifs is 2. The number of hydrogen-bond donors (Lipinski definition) is 0. The van der Waals surface area contributed by atoms with Gasteiger partial charge in [-0.15, -0.1) is 0 Å². The van der Waals surface area contributed by atoms with Gasteiger partial charge in [-0.1, -0.05) is 29.3 Å². The first-order valence-corrected chi connectivity index (χ1v) is 9.91. The molecule has 1 unspecified atom stereocenters. The highest BCUT2D eigenvalue weighted by Crippen LogP contribution is 2.42. The smallest absolute Gasteiger partial charge is 0.295 e. The van der Waals surface area contributed by atoms with E-state index in [1.54, 1.807) is 18.2 Å². The minimum Gasteiger partial charge on any atom is -0.450 e. The van der Waals surface area contributed by atoms with E-state index in [4.69, 9.17) is 27.6 Å². The van der Waals surface area contributed by atoms with Crippen molar-refractivity contribution >= 4 is 45.8 Å². The quantitative estimate of drug-likeness (QED) is 0.363. The molecule has 1 aliphatic rings. The van der Waals surface area contributed by atoms with Crippen LogP contribution in [0.15, 0.2) is 69.9 Å². The maximum atomic E-state index is 13.8. The SMILES string of the molecule is O=C1c2oc3ccc(F)cc3c(=O)c2C(c2ccc(Cl)c(Cl)c2)N1c1ccc(F)cc1. The van der Waals surface area contributed by atoms with E-state index in [2.05, 4.69) is 0 Å². The number of carbonyl (C=O) groups excluding carboxylic acids is 1. The summed E-state index contributed by atoms with van der Waals surface area (Å²) in [7, 11) is 0. The van der Waals surface area contributed by atoms with E-state index in [-0.39, 0.29) is 27.3 Å². The van der Waals surface area contributed by atoms with Gasteiger partial charge in [0, 0.05) is 5.69 Å². The number of hydrogen-bond acceptors (Lipinski definition) is 3. The van der Waals surface area contributed by atoms with Gasteiger partial charge >= 0.3 is 0 Å². The molecule has 0 radical (unpaired) electrons. The summed E-state index contributed by atoms with van der Waals surface area (Å²) >= 11 is 12.2. The van der Waals surface area contributed by atoms with E-state index in [0.29, 0.717) is 16.3 Å². The molecule has 1 atom stereocenters.